The largest absolute Gasteiger partial charge is 0.470 e. The summed E-state index contributed by atoms with van der Waals surface area (Å²) in [5.74, 6) is 2.55. The van der Waals surface area contributed by atoms with E-state index < -0.39 is 0 Å². The first kappa shape index (κ1) is 14.7. The summed E-state index contributed by atoms with van der Waals surface area (Å²) in [7, 11) is 1.87. The fourth-order valence-corrected chi connectivity index (χ4v) is 2.10. The second kappa shape index (κ2) is 6.61. The number of rotatable bonds is 7. The SMILES string of the molecule is CCCNCc1cc(COc2cc(C)nn2C)oc1C. The fraction of sp³-hybridized carbons (Fsp3) is 0.533. The number of ether oxygens (including phenoxy) is 1. The molecule has 110 valence electrons. The standard InChI is InChI=1S/C15H23N3O2/c1-5-6-16-9-13-8-14(20-12(13)3)10-19-15-7-11(2)17-18(15)4/h7-8,16H,5-6,9-10H2,1-4H3. The Labute approximate surface area is 119 Å². The Kier molecular flexibility index (Phi) is 4.84. The van der Waals surface area contributed by atoms with Crippen LogP contribution in [0, 0.1) is 13.8 Å². The first-order valence-electron chi connectivity index (χ1n) is 7.02. The van der Waals surface area contributed by atoms with Crippen LogP contribution < -0.4 is 10.1 Å². The molecular formula is C15H23N3O2. The van der Waals surface area contributed by atoms with Gasteiger partial charge in [0.05, 0.1) is 5.69 Å². The van der Waals surface area contributed by atoms with Gasteiger partial charge in [-0.05, 0) is 32.9 Å². The molecule has 0 fully saturated rings. The van der Waals surface area contributed by atoms with Crippen molar-refractivity contribution in [1.29, 1.82) is 0 Å². The van der Waals surface area contributed by atoms with E-state index in [1.165, 1.54) is 5.56 Å². The molecule has 5 heteroatoms. The van der Waals surface area contributed by atoms with Gasteiger partial charge in [0.2, 0.25) is 5.88 Å². The minimum atomic E-state index is 0.424. The van der Waals surface area contributed by atoms with E-state index in [1.54, 1.807) is 4.68 Å². The molecule has 0 aliphatic heterocycles. The van der Waals surface area contributed by atoms with Gasteiger partial charge in [-0.1, -0.05) is 6.92 Å². The quantitative estimate of drug-likeness (QED) is 0.791. The van der Waals surface area contributed by atoms with E-state index in [-0.39, 0.29) is 0 Å². The van der Waals surface area contributed by atoms with Crippen molar-refractivity contribution < 1.29 is 9.15 Å². The van der Waals surface area contributed by atoms with Crippen LogP contribution in [-0.4, -0.2) is 16.3 Å². The van der Waals surface area contributed by atoms with E-state index in [1.807, 2.05) is 27.0 Å². The van der Waals surface area contributed by atoms with Crippen molar-refractivity contribution in [3.05, 3.63) is 34.9 Å². The molecule has 0 atom stereocenters. The highest BCUT2D eigenvalue weighted by Crippen LogP contribution is 2.18. The predicted molar refractivity (Wildman–Crippen MR) is 77.7 cm³/mol. The van der Waals surface area contributed by atoms with Crippen LogP contribution in [0.15, 0.2) is 16.5 Å². The minimum absolute atomic E-state index is 0.424. The maximum Gasteiger partial charge on any atom is 0.212 e. The maximum atomic E-state index is 5.72. The molecule has 0 unspecified atom stereocenters. The average molecular weight is 277 g/mol. The van der Waals surface area contributed by atoms with Crippen molar-refractivity contribution >= 4 is 0 Å². The molecule has 0 aliphatic rings. The summed E-state index contributed by atoms with van der Waals surface area (Å²) >= 11 is 0. The van der Waals surface area contributed by atoms with E-state index in [0.29, 0.717) is 6.61 Å². The zero-order valence-corrected chi connectivity index (χ0v) is 12.7. The van der Waals surface area contributed by atoms with Gasteiger partial charge in [-0.25, -0.2) is 4.68 Å². The topological polar surface area (TPSA) is 52.2 Å². The van der Waals surface area contributed by atoms with Gasteiger partial charge in [0, 0.05) is 25.2 Å². The van der Waals surface area contributed by atoms with Crippen LogP contribution in [0.5, 0.6) is 5.88 Å². The fourth-order valence-electron chi connectivity index (χ4n) is 2.10. The molecule has 0 radical (unpaired) electrons. The third-order valence-electron chi connectivity index (χ3n) is 3.14. The van der Waals surface area contributed by atoms with Gasteiger partial charge in [0.1, 0.15) is 18.1 Å². The highest BCUT2D eigenvalue weighted by molar-refractivity contribution is 5.21. The lowest BCUT2D eigenvalue weighted by atomic mass is 10.2. The lowest BCUT2D eigenvalue weighted by Gasteiger charge is -2.03. The molecule has 0 bridgehead atoms. The molecule has 20 heavy (non-hydrogen) atoms. The van der Waals surface area contributed by atoms with E-state index in [2.05, 4.69) is 23.4 Å². The minimum Gasteiger partial charge on any atom is -0.470 e. The molecule has 2 heterocycles. The molecule has 0 spiro atoms. The molecular weight excluding hydrogens is 254 g/mol. The Hall–Kier alpha value is -1.75. The molecule has 0 aliphatic carbocycles. The van der Waals surface area contributed by atoms with Crippen LogP contribution in [0.4, 0.5) is 0 Å². The second-order valence-electron chi connectivity index (χ2n) is 5.01. The Morgan fingerprint density at radius 2 is 2.15 bits per heavy atom. The Balaban J connectivity index is 1.93. The predicted octanol–water partition coefficient (Wildman–Crippen LogP) is 2.71. The van der Waals surface area contributed by atoms with Gasteiger partial charge >= 0.3 is 0 Å². The van der Waals surface area contributed by atoms with Gasteiger partial charge in [-0.3, -0.25) is 0 Å². The highest BCUT2D eigenvalue weighted by atomic mass is 16.5. The van der Waals surface area contributed by atoms with E-state index >= 15 is 0 Å². The molecule has 0 saturated carbocycles. The summed E-state index contributed by atoms with van der Waals surface area (Å²) in [6, 6.07) is 3.97. The van der Waals surface area contributed by atoms with Crippen LogP contribution in [0.25, 0.3) is 0 Å². The van der Waals surface area contributed by atoms with Crippen molar-refractivity contribution in [3.8, 4) is 5.88 Å². The monoisotopic (exact) mass is 277 g/mol. The van der Waals surface area contributed by atoms with E-state index in [9.17, 15) is 0 Å². The van der Waals surface area contributed by atoms with Gasteiger partial charge in [0.25, 0.3) is 0 Å². The molecule has 0 aromatic carbocycles. The zero-order chi connectivity index (χ0) is 14.5. The van der Waals surface area contributed by atoms with Crippen LogP contribution in [0.3, 0.4) is 0 Å². The smallest absolute Gasteiger partial charge is 0.212 e. The molecule has 2 aromatic rings. The Morgan fingerprint density at radius 1 is 1.35 bits per heavy atom. The van der Waals surface area contributed by atoms with E-state index in [4.69, 9.17) is 9.15 Å². The van der Waals surface area contributed by atoms with Gasteiger partial charge in [0.15, 0.2) is 0 Å². The molecule has 1 N–H and O–H groups in total. The van der Waals surface area contributed by atoms with Crippen molar-refractivity contribution in [2.75, 3.05) is 6.54 Å². The number of hydrogen-bond donors (Lipinski definition) is 1. The number of nitrogens with one attached hydrogen (secondary N) is 1. The van der Waals surface area contributed by atoms with Gasteiger partial charge in [-0.2, -0.15) is 5.10 Å². The Morgan fingerprint density at radius 3 is 2.80 bits per heavy atom. The van der Waals surface area contributed by atoms with Crippen molar-refractivity contribution in [1.82, 2.24) is 15.1 Å². The summed E-state index contributed by atoms with van der Waals surface area (Å²) in [6.45, 7) is 8.37. The van der Waals surface area contributed by atoms with Crippen molar-refractivity contribution in [2.45, 2.75) is 40.3 Å². The maximum absolute atomic E-state index is 5.72. The third kappa shape index (κ3) is 3.63. The summed E-state index contributed by atoms with van der Waals surface area (Å²) in [5.41, 5.74) is 2.14. The van der Waals surface area contributed by atoms with Gasteiger partial charge < -0.3 is 14.5 Å². The van der Waals surface area contributed by atoms with E-state index in [0.717, 1.165) is 42.6 Å². The lowest BCUT2D eigenvalue weighted by molar-refractivity contribution is 0.247. The summed E-state index contributed by atoms with van der Waals surface area (Å²) < 4.78 is 13.2. The van der Waals surface area contributed by atoms with Crippen molar-refractivity contribution in [2.24, 2.45) is 7.05 Å². The number of aryl methyl sites for hydroxylation is 3. The Bertz CT molecular complexity index is 557. The van der Waals surface area contributed by atoms with Gasteiger partial charge in [-0.15, -0.1) is 0 Å². The number of hydrogen-bond acceptors (Lipinski definition) is 4. The summed E-state index contributed by atoms with van der Waals surface area (Å²) in [6.07, 6.45) is 1.13. The third-order valence-corrected chi connectivity index (χ3v) is 3.14. The first-order valence-corrected chi connectivity index (χ1v) is 7.02. The first-order chi connectivity index (χ1) is 9.60. The van der Waals surface area contributed by atoms with Crippen LogP contribution in [0.1, 0.15) is 36.1 Å². The number of nitrogens with zero attached hydrogens (tertiary/aromatic N) is 2. The van der Waals surface area contributed by atoms with Crippen LogP contribution >= 0.6 is 0 Å². The average Bonchev–Trinajstić information content (AvgIpc) is 2.90. The number of furan rings is 1. The summed E-state index contributed by atoms with van der Waals surface area (Å²) in [4.78, 5) is 0. The molecule has 5 nitrogen and oxygen atoms in total. The molecule has 0 amide bonds. The molecule has 2 aromatic heterocycles. The van der Waals surface area contributed by atoms with Crippen LogP contribution in [0.2, 0.25) is 0 Å². The van der Waals surface area contributed by atoms with Crippen LogP contribution in [-0.2, 0) is 20.2 Å². The summed E-state index contributed by atoms with van der Waals surface area (Å²) in [5, 5.41) is 7.62. The molecule has 2 rings (SSSR count). The van der Waals surface area contributed by atoms with Crippen molar-refractivity contribution in [3.63, 3.8) is 0 Å². The highest BCUT2D eigenvalue weighted by Gasteiger charge is 2.09. The normalized spacial score (nSPS) is 11.0. The second-order valence-corrected chi connectivity index (χ2v) is 5.01. The number of aromatic nitrogens is 2. The lowest BCUT2D eigenvalue weighted by Crippen LogP contribution is -2.13. The molecule has 0 saturated heterocycles. The zero-order valence-electron chi connectivity index (χ0n) is 12.7.